The van der Waals surface area contributed by atoms with Gasteiger partial charge < -0.3 is 9.47 Å². The number of hydrogen-bond donors (Lipinski definition) is 0. The predicted octanol–water partition coefficient (Wildman–Crippen LogP) is 6.05. The number of carbonyl (C=O) groups excluding carboxylic acids is 1. The van der Waals surface area contributed by atoms with Gasteiger partial charge in [-0.25, -0.2) is 8.78 Å². The van der Waals surface area contributed by atoms with Crippen LogP contribution < -0.4 is 4.74 Å². The molecule has 28 heavy (non-hydrogen) atoms. The van der Waals surface area contributed by atoms with Crippen molar-refractivity contribution in [1.29, 1.82) is 0 Å². The van der Waals surface area contributed by atoms with Crippen molar-refractivity contribution in [2.24, 2.45) is 17.8 Å². The lowest BCUT2D eigenvalue weighted by Crippen LogP contribution is -2.31. The third-order valence-electron chi connectivity index (χ3n) is 6.45. The minimum Gasteiger partial charge on any atom is -0.426 e. The minimum atomic E-state index is -0.997. The van der Waals surface area contributed by atoms with Gasteiger partial charge in [-0.15, -0.1) is 0 Å². The van der Waals surface area contributed by atoms with Gasteiger partial charge in [0.2, 0.25) is 0 Å². The highest BCUT2D eigenvalue weighted by Crippen LogP contribution is 2.41. The molecule has 1 aromatic rings. The van der Waals surface area contributed by atoms with Crippen LogP contribution in [0.2, 0.25) is 0 Å². The monoisotopic (exact) mass is 394 g/mol. The van der Waals surface area contributed by atoms with Crippen molar-refractivity contribution in [3.05, 3.63) is 29.8 Å². The summed E-state index contributed by atoms with van der Waals surface area (Å²) in [4.78, 5) is 12.4. The molecule has 2 saturated carbocycles. The summed E-state index contributed by atoms with van der Waals surface area (Å²) in [5.74, 6) is -0.893. The average molecular weight is 395 g/mol. The summed E-state index contributed by atoms with van der Waals surface area (Å²) in [6, 6.07) is 3.21. The maximum Gasteiger partial charge on any atom is 0.314 e. The first-order chi connectivity index (χ1) is 13.6. The smallest absolute Gasteiger partial charge is 0.314 e. The Morgan fingerprint density at radius 3 is 2.21 bits per heavy atom. The second-order valence-electron chi connectivity index (χ2n) is 8.37. The van der Waals surface area contributed by atoms with E-state index >= 15 is 0 Å². The highest BCUT2D eigenvalue weighted by Gasteiger charge is 2.33. The average Bonchev–Trinajstić information content (AvgIpc) is 2.72. The van der Waals surface area contributed by atoms with Crippen LogP contribution in [-0.4, -0.2) is 18.7 Å². The molecule has 0 heterocycles. The van der Waals surface area contributed by atoms with Gasteiger partial charge in [-0.1, -0.05) is 13.3 Å². The number of rotatable bonds is 7. The molecular weight excluding hydrogens is 362 g/mol. The van der Waals surface area contributed by atoms with Crippen LogP contribution in [0.1, 0.15) is 71.1 Å². The molecule has 0 atom stereocenters. The first kappa shape index (κ1) is 21.2. The van der Waals surface area contributed by atoms with E-state index in [4.69, 9.17) is 9.47 Å². The number of ether oxygens (including phenoxy) is 2. The Kier molecular flexibility index (Phi) is 7.83. The minimum absolute atomic E-state index is 0.0763. The third kappa shape index (κ3) is 5.76. The van der Waals surface area contributed by atoms with Crippen LogP contribution in [0.3, 0.4) is 0 Å². The molecule has 0 amide bonds. The number of unbranched alkanes of at least 4 members (excludes halogenated alkanes) is 1. The lowest BCUT2D eigenvalue weighted by Gasteiger charge is -2.37. The molecule has 3 rings (SSSR count). The second-order valence-corrected chi connectivity index (χ2v) is 8.37. The zero-order chi connectivity index (χ0) is 19.9. The molecule has 5 heteroatoms. The summed E-state index contributed by atoms with van der Waals surface area (Å²) in [5.41, 5.74) is 0. The zero-order valence-corrected chi connectivity index (χ0v) is 16.8. The zero-order valence-electron chi connectivity index (χ0n) is 16.8. The molecule has 2 aliphatic rings. The van der Waals surface area contributed by atoms with Gasteiger partial charge in [0.1, 0.15) is 5.75 Å². The Morgan fingerprint density at radius 2 is 1.61 bits per heavy atom. The fourth-order valence-corrected chi connectivity index (χ4v) is 4.69. The van der Waals surface area contributed by atoms with E-state index in [-0.39, 0.29) is 17.6 Å². The van der Waals surface area contributed by atoms with Gasteiger partial charge in [0.15, 0.2) is 11.6 Å². The molecule has 0 N–H and O–H groups in total. The number of benzene rings is 1. The molecule has 2 fully saturated rings. The second kappa shape index (κ2) is 10.3. The molecule has 156 valence electrons. The Hall–Kier alpha value is -1.49. The molecule has 0 bridgehead atoms. The van der Waals surface area contributed by atoms with Crippen molar-refractivity contribution in [2.75, 3.05) is 6.61 Å². The van der Waals surface area contributed by atoms with Crippen LogP contribution in [0.15, 0.2) is 18.2 Å². The molecule has 0 spiro atoms. The van der Waals surface area contributed by atoms with E-state index in [9.17, 15) is 13.6 Å². The molecule has 0 unspecified atom stereocenters. The van der Waals surface area contributed by atoms with Crippen molar-refractivity contribution < 1.29 is 23.0 Å². The summed E-state index contributed by atoms with van der Waals surface area (Å²) in [7, 11) is 0. The first-order valence-corrected chi connectivity index (χ1v) is 10.8. The number of carbonyl (C=O) groups is 1. The summed E-state index contributed by atoms with van der Waals surface area (Å²) in [6.07, 6.45) is 11.3. The van der Waals surface area contributed by atoms with E-state index in [1.54, 1.807) is 0 Å². The maximum absolute atomic E-state index is 13.3. The van der Waals surface area contributed by atoms with Crippen LogP contribution in [0.4, 0.5) is 8.78 Å². The maximum atomic E-state index is 13.3. The molecular formula is C23H32F2O3. The van der Waals surface area contributed by atoms with E-state index in [1.807, 2.05) is 0 Å². The third-order valence-corrected chi connectivity index (χ3v) is 6.45. The Bertz CT molecular complexity index is 633. The van der Waals surface area contributed by atoms with Crippen molar-refractivity contribution >= 4 is 5.97 Å². The van der Waals surface area contributed by atoms with Crippen molar-refractivity contribution in [1.82, 2.24) is 0 Å². The van der Waals surface area contributed by atoms with E-state index in [2.05, 4.69) is 6.92 Å². The van der Waals surface area contributed by atoms with Gasteiger partial charge in [0.05, 0.1) is 12.0 Å². The van der Waals surface area contributed by atoms with Crippen molar-refractivity contribution in [2.45, 2.75) is 77.2 Å². The molecule has 0 aliphatic heterocycles. The van der Waals surface area contributed by atoms with Gasteiger partial charge in [0.25, 0.3) is 0 Å². The van der Waals surface area contributed by atoms with E-state index in [0.29, 0.717) is 12.0 Å². The van der Waals surface area contributed by atoms with Gasteiger partial charge >= 0.3 is 5.97 Å². The summed E-state index contributed by atoms with van der Waals surface area (Å²) in [5, 5.41) is 0. The standard InChI is InChI=1S/C23H32F2O3/c1-2-3-14-27-19-10-8-17(9-11-19)16-4-6-18(7-5-16)23(26)28-20-12-13-21(24)22(25)15-20/h12-13,15-19H,2-11,14H2,1H3. The number of hydrogen-bond acceptors (Lipinski definition) is 3. The van der Waals surface area contributed by atoms with Gasteiger partial charge in [-0.2, -0.15) is 0 Å². The van der Waals surface area contributed by atoms with Crippen molar-refractivity contribution in [3.8, 4) is 5.75 Å². The Morgan fingerprint density at radius 1 is 0.964 bits per heavy atom. The van der Waals surface area contributed by atoms with Gasteiger partial charge in [-0.3, -0.25) is 4.79 Å². The molecule has 3 nitrogen and oxygen atoms in total. The molecule has 0 aromatic heterocycles. The molecule has 0 saturated heterocycles. The van der Waals surface area contributed by atoms with Crippen LogP contribution in [0, 0.1) is 29.4 Å². The quantitative estimate of drug-likeness (QED) is 0.321. The van der Waals surface area contributed by atoms with Gasteiger partial charge in [-0.05, 0) is 81.8 Å². The lowest BCUT2D eigenvalue weighted by molar-refractivity contribution is -0.140. The highest BCUT2D eigenvalue weighted by molar-refractivity contribution is 5.75. The van der Waals surface area contributed by atoms with E-state index in [1.165, 1.54) is 25.3 Å². The van der Waals surface area contributed by atoms with Crippen LogP contribution in [0.5, 0.6) is 5.75 Å². The highest BCUT2D eigenvalue weighted by atomic mass is 19.2. The topological polar surface area (TPSA) is 35.5 Å². The van der Waals surface area contributed by atoms with Crippen molar-refractivity contribution in [3.63, 3.8) is 0 Å². The van der Waals surface area contributed by atoms with E-state index in [0.717, 1.165) is 69.6 Å². The van der Waals surface area contributed by atoms with E-state index < -0.39 is 11.6 Å². The predicted molar refractivity (Wildman–Crippen MR) is 104 cm³/mol. The largest absolute Gasteiger partial charge is 0.426 e. The number of esters is 1. The summed E-state index contributed by atoms with van der Waals surface area (Å²) in [6.45, 7) is 3.07. The van der Waals surface area contributed by atoms with Crippen LogP contribution in [-0.2, 0) is 9.53 Å². The Balaban J connectivity index is 1.39. The first-order valence-electron chi connectivity index (χ1n) is 10.8. The lowest BCUT2D eigenvalue weighted by atomic mass is 9.70. The fraction of sp³-hybridized carbons (Fsp3) is 0.696. The fourth-order valence-electron chi connectivity index (χ4n) is 4.69. The molecule has 2 aliphatic carbocycles. The van der Waals surface area contributed by atoms with Crippen LogP contribution >= 0.6 is 0 Å². The molecule has 1 aromatic carbocycles. The Labute approximate surface area is 166 Å². The van der Waals surface area contributed by atoms with Gasteiger partial charge in [0, 0.05) is 12.7 Å². The molecule has 0 radical (unpaired) electrons. The van der Waals surface area contributed by atoms with Crippen LogP contribution in [0.25, 0.3) is 0 Å². The SMILES string of the molecule is CCCCOC1CCC(C2CCC(C(=O)Oc3ccc(F)c(F)c3)CC2)CC1. The summed E-state index contributed by atoms with van der Waals surface area (Å²) < 4.78 is 37.5. The normalized spacial score (nSPS) is 28.1. The number of halogens is 2. The summed E-state index contributed by atoms with van der Waals surface area (Å²) >= 11 is 0.